The number of nitrogens with zero attached hydrogens (tertiary/aromatic N) is 1. The Balaban J connectivity index is 1.73. The van der Waals surface area contributed by atoms with Gasteiger partial charge in [0.05, 0.1) is 11.1 Å². The lowest BCUT2D eigenvalue weighted by Gasteiger charge is -2.15. The summed E-state index contributed by atoms with van der Waals surface area (Å²) in [5, 5.41) is 5.42. The quantitative estimate of drug-likeness (QED) is 0.820. The molecule has 134 valence electrons. The van der Waals surface area contributed by atoms with E-state index in [-0.39, 0.29) is 17.7 Å². The molecule has 0 bridgehead atoms. The van der Waals surface area contributed by atoms with Gasteiger partial charge in [-0.1, -0.05) is 31.5 Å². The van der Waals surface area contributed by atoms with Crippen LogP contribution in [0.25, 0.3) is 0 Å². The van der Waals surface area contributed by atoms with Gasteiger partial charge in [0.1, 0.15) is 0 Å². The fourth-order valence-electron chi connectivity index (χ4n) is 2.83. The number of amides is 4. The van der Waals surface area contributed by atoms with E-state index in [0.29, 0.717) is 29.0 Å². The first kappa shape index (κ1) is 17.7. The normalized spacial score (nSPS) is 13.2. The maximum absolute atomic E-state index is 12.5. The van der Waals surface area contributed by atoms with Gasteiger partial charge in [-0.3, -0.25) is 14.5 Å². The summed E-state index contributed by atoms with van der Waals surface area (Å²) in [5.41, 5.74) is 2.93. The fourth-order valence-corrected chi connectivity index (χ4v) is 2.83. The first-order valence-electron chi connectivity index (χ1n) is 8.50. The van der Waals surface area contributed by atoms with Gasteiger partial charge < -0.3 is 10.6 Å². The minimum atomic E-state index is -0.412. The Kier molecular flexibility index (Phi) is 4.75. The number of benzene rings is 2. The summed E-state index contributed by atoms with van der Waals surface area (Å²) in [5.74, 6) is -0.411. The summed E-state index contributed by atoms with van der Waals surface area (Å²) in [6.07, 6.45) is 0. The second kappa shape index (κ2) is 7.00. The molecule has 26 heavy (non-hydrogen) atoms. The Morgan fingerprint density at radius 2 is 1.50 bits per heavy atom. The molecule has 1 aliphatic rings. The molecule has 3 rings (SSSR count). The summed E-state index contributed by atoms with van der Waals surface area (Å²) in [6, 6.07) is 11.8. The van der Waals surface area contributed by atoms with E-state index in [0.717, 1.165) is 5.56 Å². The molecule has 4 amide bonds. The molecule has 1 aliphatic heterocycles. The van der Waals surface area contributed by atoms with Crippen molar-refractivity contribution in [2.45, 2.75) is 20.8 Å². The molecule has 0 saturated heterocycles. The van der Waals surface area contributed by atoms with Crippen LogP contribution in [0.1, 0.15) is 40.1 Å². The van der Waals surface area contributed by atoms with Crippen LogP contribution in [-0.2, 0) is 0 Å². The highest BCUT2D eigenvalue weighted by Gasteiger charge is 2.35. The van der Waals surface area contributed by atoms with Crippen LogP contribution in [0.4, 0.5) is 16.2 Å². The van der Waals surface area contributed by atoms with Gasteiger partial charge in [-0.2, -0.15) is 0 Å². The highest BCUT2D eigenvalue weighted by molar-refractivity contribution is 6.22. The Labute approximate surface area is 152 Å². The lowest BCUT2D eigenvalue weighted by molar-refractivity contribution is 0.0636. The van der Waals surface area contributed by atoms with Crippen molar-refractivity contribution < 1.29 is 14.4 Å². The third-order valence-electron chi connectivity index (χ3n) is 4.09. The number of hydrogen-bond donors (Lipinski definition) is 2. The standard InChI is InChI=1S/C20H21N3O3/c1-12(2)11-23-18(24)16-9-8-15(10-17(16)19(23)25)22-20(26)21-14-6-4-13(3)5-7-14/h4-10,12H,11H2,1-3H3,(H2,21,22,26). The molecular formula is C20H21N3O3. The van der Waals surface area contributed by atoms with Crippen LogP contribution in [0.2, 0.25) is 0 Å². The molecule has 6 nitrogen and oxygen atoms in total. The van der Waals surface area contributed by atoms with Crippen LogP contribution in [0.15, 0.2) is 42.5 Å². The highest BCUT2D eigenvalue weighted by atomic mass is 16.2. The Morgan fingerprint density at radius 3 is 2.15 bits per heavy atom. The average molecular weight is 351 g/mol. The monoisotopic (exact) mass is 351 g/mol. The maximum atomic E-state index is 12.5. The van der Waals surface area contributed by atoms with Crippen molar-refractivity contribution in [3.05, 3.63) is 59.2 Å². The number of imide groups is 1. The molecule has 6 heteroatoms. The number of urea groups is 1. The zero-order valence-corrected chi connectivity index (χ0v) is 15.0. The molecule has 2 N–H and O–H groups in total. The van der Waals surface area contributed by atoms with Crippen molar-refractivity contribution in [1.29, 1.82) is 0 Å². The van der Waals surface area contributed by atoms with Crippen LogP contribution >= 0.6 is 0 Å². The maximum Gasteiger partial charge on any atom is 0.323 e. The van der Waals surface area contributed by atoms with E-state index in [2.05, 4.69) is 10.6 Å². The second-order valence-corrected chi connectivity index (χ2v) is 6.82. The SMILES string of the molecule is Cc1ccc(NC(=O)Nc2ccc3c(c2)C(=O)N(CC(C)C)C3=O)cc1. The van der Waals surface area contributed by atoms with E-state index < -0.39 is 6.03 Å². The van der Waals surface area contributed by atoms with Crippen LogP contribution in [0.5, 0.6) is 0 Å². The lowest BCUT2D eigenvalue weighted by atomic mass is 10.1. The molecule has 0 aliphatic carbocycles. The predicted molar refractivity (Wildman–Crippen MR) is 100 cm³/mol. The molecule has 0 radical (unpaired) electrons. The van der Waals surface area contributed by atoms with Crippen molar-refractivity contribution in [2.24, 2.45) is 5.92 Å². The van der Waals surface area contributed by atoms with Gasteiger partial charge in [0.25, 0.3) is 11.8 Å². The van der Waals surface area contributed by atoms with Crippen LogP contribution < -0.4 is 10.6 Å². The summed E-state index contributed by atoms with van der Waals surface area (Å²) < 4.78 is 0. The Bertz CT molecular complexity index is 872. The van der Waals surface area contributed by atoms with Crippen molar-refractivity contribution in [2.75, 3.05) is 17.2 Å². The van der Waals surface area contributed by atoms with Gasteiger partial charge in [0.2, 0.25) is 0 Å². The molecule has 0 aromatic heterocycles. The minimum Gasteiger partial charge on any atom is -0.308 e. The highest BCUT2D eigenvalue weighted by Crippen LogP contribution is 2.26. The van der Waals surface area contributed by atoms with Crippen molar-refractivity contribution in [3.8, 4) is 0 Å². The number of anilines is 2. The van der Waals surface area contributed by atoms with Gasteiger partial charge in [-0.25, -0.2) is 4.79 Å². The van der Waals surface area contributed by atoms with Gasteiger partial charge in [0.15, 0.2) is 0 Å². The smallest absolute Gasteiger partial charge is 0.308 e. The van der Waals surface area contributed by atoms with Crippen molar-refractivity contribution in [1.82, 2.24) is 4.90 Å². The summed E-state index contributed by atoms with van der Waals surface area (Å²) >= 11 is 0. The van der Waals surface area contributed by atoms with Gasteiger partial charge >= 0.3 is 6.03 Å². The third kappa shape index (κ3) is 3.59. The minimum absolute atomic E-state index is 0.190. The number of nitrogens with one attached hydrogen (secondary N) is 2. The molecule has 0 unspecified atom stereocenters. The fraction of sp³-hybridized carbons (Fsp3) is 0.250. The number of carbonyl (C=O) groups is 3. The average Bonchev–Trinajstić information content (AvgIpc) is 2.81. The Hall–Kier alpha value is -3.15. The topological polar surface area (TPSA) is 78.5 Å². The van der Waals surface area contributed by atoms with E-state index >= 15 is 0 Å². The molecule has 0 saturated carbocycles. The van der Waals surface area contributed by atoms with Crippen molar-refractivity contribution >= 4 is 29.2 Å². The third-order valence-corrected chi connectivity index (χ3v) is 4.09. The number of fused-ring (bicyclic) bond motifs is 1. The Morgan fingerprint density at radius 1 is 0.923 bits per heavy atom. The van der Waals surface area contributed by atoms with Crippen molar-refractivity contribution in [3.63, 3.8) is 0 Å². The number of hydrogen-bond acceptors (Lipinski definition) is 3. The lowest BCUT2D eigenvalue weighted by Crippen LogP contribution is -2.33. The number of carbonyl (C=O) groups excluding carboxylic acids is 3. The van der Waals surface area contributed by atoms with Crippen LogP contribution in [0, 0.1) is 12.8 Å². The van der Waals surface area contributed by atoms with E-state index in [1.807, 2.05) is 45.0 Å². The predicted octanol–water partition coefficient (Wildman–Crippen LogP) is 3.89. The van der Waals surface area contributed by atoms with Crippen LogP contribution in [-0.4, -0.2) is 29.3 Å². The van der Waals surface area contributed by atoms with Gasteiger partial charge in [0, 0.05) is 17.9 Å². The summed E-state index contributed by atoms with van der Waals surface area (Å²) in [4.78, 5) is 38.2. The van der Waals surface area contributed by atoms with Gasteiger partial charge in [-0.15, -0.1) is 0 Å². The van der Waals surface area contributed by atoms with E-state index in [4.69, 9.17) is 0 Å². The van der Waals surface area contributed by atoms with E-state index in [1.165, 1.54) is 4.90 Å². The molecule has 0 atom stereocenters. The van der Waals surface area contributed by atoms with Gasteiger partial charge in [-0.05, 0) is 43.2 Å². The molecule has 2 aromatic rings. The van der Waals surface area contributed by atoms with E-state index in [9.17, 15) is 14.4 Å². The largest absolute Gasteiger partial charge is 0.323 e. The molecule has 0 fully saturated rings. The number of rotatable bonds is 4. The van der Waals surface area contributed by atoms with E-state index in [1.54, 1.807) is 18.2 Å². The first-order valence-corrected chi connectivity index (χ1v) is 8.50. The molecular weight excluding hydrogens is 330 g/mol. The summed E-state index contributed by atoms with van der Waals surface area (Å²) in [6.45, 7) is 6.25. The molecule has 0 spiro atoms. The summed E-state index contributed by atoms with van der Waals surface area (Å²) in [7, 11) is 0. The zero-order chi connectivity index (χ0) is 18.8. The second-order valence-electron chi connectivity index (χ2n) is 6.82. The molecule has 2 aromatic carbocycles. The van der Waals surface area contributed by atoms with Crippen LogP contribution in [0.3, 0.4) is 0 Å². The number of aryl methyl sites for hydroxylation is 1. The zero-order valence-electron chi connectivity index (χ0n) is 15.0. The first-order chi connectivity index (χ1) is 12.3. The molecule has 1 heterocycles.